The van der Waals surface area contributed by atoms with E-state index < -0.39 is 0 Å². The number of nitriles is 1. The van der Waals surface area contributed by atoms with E-state index in [0.29, 0.717) is 37.3 Å². The van der Waals surface area contributed by atoms with E-state index in [1.165, 1.54) is 6.33 Å². The van der Waals surface area contributed by atoms with Gasteiger partial charge in [0.1, 0.15) is 29.5 Å². The van der Waals surface area contributed by atoms with Gasteiger partial charge in [-0.1, -0.05) is 5.92 Å². The minimum absolute atomic E-state index is 0.0681. The van der Waals surface area contributed by atoms with Gasteiger partial charge in [-0.2, -0.15) is 5.26 Å². The molecule has 1 fully saturated rings. The highest BCUT2D eigenvalue weighted by Gasteiger charge is 2.37. The van der Waals surface area contributed by atoms with Crippen molar-refractivity contribution >= 4 is 44.6 Å². The highest BCUT2D eigenvalue weighted by Crippen LogP contribution is 2.44. The van der Waals surface area contributed by atoms with Crippen LogP contribution in [0.25, 0.3) is 32.8 Å². The largest absolute Gasteiger partial charge is 0.383 e. The maximum Gasteiger partial charge on any atom is 0.227 e. The molecule has 1 aromatic carbocycles. The summed E-state index contributed by atoms with van der Waals surface area (Å²) in [5, 5.41) is 12.4. The number of hydrogen-bond acceptors (Lipinski definition) is 6. The van der Waals surface area contributed by atoms with Crippen LogP contribution >= 0.6 is 0 Å². The fourth-order valence-electron chi connectivity index (χ4n) is 6.19. The number of likely N-dealkylation sites (tertiary alicyclic amines) is 1. The van der Waals surface area contributed by atoms with Gasteiger partial charge in [-0.15, -0.1) is 6.42 Å². The summed E-state index contributed by atoms with van der Waals surface area (Å²) in [7, 11) is 1.99. The molecule has 3 aromatic heterocycles. The summed E-state index contributed by atoms with van der Waals surface area (Å²) in [6.07, 6.45) is 10.8. The van der Waals surface area contributed by atoms with Gasteiger partial charge in [-0.3, -0.25) is 4.79 Å². The summed E-state index contributed by atoms with van der Waals surface area (Å²) in [6.45, 7) is 2.69. The van der Waals surface area contributed by atoms with Crippen LogP contribution in [0.15, 0.2) is 12.4 Å². The molecule has 1 saturated heterocycles. The Morgan fingerprint density at radius 2 is 2.06 bits per heavy atom. The van der Waals surface area contributed by atoms with Crippen LogP contribution in [0.2, 0.25) is 0 Å². The van der Waals surface area contributed by atoms with Crippen LogP contribution in [-0.4, -0.2) is 42.9 Å². The molecule has 2 atom stereocenters. The summed E-state index contributed by atoms with van der Waals surface area (Å²) in [4.78, 5) is 29.0. The SMILES string of the molecule is C#Cc1cc(C)c2c(n1)c1c(c3c4c(N)ncnc4n(C)c23)CC[C@@H](C(=O)N2CCC[C@H]2C#N)C1. The lowest BCUT2D eigenvalue weighted by Crippen LogP contribution is -2.40. The monoisotopic (exact) mass is 463 g/mol. The standard InChI is InChI=1S/C27H25N7O/c1-4-16-10-14(2)20-23(32-16)19-11-15(27(35)34-9-5-6-17(34)12-28)7-8-18(19)21-22-25(29)30-13-31-26(22)33(3)24(20)21/h1,10,13,15,17H,5-9,11H2,2-3H3,(H2,29,30,31)/t15-,17+/m1/s1. The van der Waals surface area contributed by atoms with Gasteiger partial charge in [-0.05, 0) is 61.8 Å². The quantitative estimate of drug-likeness (QED) is 0.434. The number of nitrogens with zero attached hydrogens (tertiary/aromatic N) is 6. The van der Waals surface area contributed by atoms with Crippen LogP contribution in [-0.2, 0) is 24.7 Å². The molecule has 4 heterocycles. The predicted octanol–water partition coefficient (Wildman–Crippen LogP) is 3.16. The molecule has 6 rings (SSSR count). The number of rotatable bonds is 1. The molecule has 0 radical (unpaired) electrons. The Hall–Kier alpha value is -4.17. The second-order valence-electron chi connectivity index (χ2n) is 9.65. The van der Waals surface area contributed by atoms with Crippen molar-refractivity contribution in [2.45, 2.75) is 45.1 Å². The molecule has 1 aliphatic carbocycles. The number of carbonyl (C=O) groups is 1. The zero-order valence-electron chi connectivity index (χ0n) is 19.8. The van der Waals surface area contributed by atoms with Crippen LogP contribution in [0.3, 0.4) is 0 Å². The van der Waals surface area contributed by atoms with Gasteiger partial charge in [0.25, 0.3) is 0 Å². The third-order valence-corrected chi connectivity index (χ3v) is 7.78. The van der Waals surface area contributed by atoms with Crippen molar-refractivity contribution in [3.05, 3.63) is 34.8 Å². The zero-order chi connectivity index (χ0) is 24.4. The van der Waals surface area contributed by atoms with Gasteiger partial charge in [0.05, 0.1) is 22.5 Å². The zero-order valence-corrected chi connectivity index (χ0v) is 19.8. The lowest BCUT2D eigenvalue weighted by Gasteiger charge is -2.30. The van der Waals surface area contributed by atoms with Crippen molar-refractivity contribution in [2.24, 2.45) is 13.0 Å². The first-order valence-corrected chi connectivity index (χ1v) is 11.9. The molecule has 0 saturated carbocycles. The number of aryl methyl sites for hydroxylation is 3. The van der Waals surface area contributed by atoms with E-state index in [-0.39, 0.29) is 17.9 Å². The number of anilines is 1. The van der Waals surface area contributed by atoms with Gasteiger partial charge in [0.15, 0.2) is 0 Å². The van der Waals surface area contributed by atoms with Crippen LogP contribution in [0.1, 0.15) is 41.6 Å². The van der Waals surface area contributed by atoms with Crippen molar-refractivity contribution < 1.29 is 4.79 Å². The maximum atomic E-state index is 13.5. The molecule has 0 spiro atoms. The lowest BCUT2D eigenvalue weighted by molar-refractivity contribution is -0.135. The second-order valence-corrected chi connectivity index (χ2v) is 9.65. The van der Waals surface area contributed by atoms with Crippen molar-refractivity contribution in [1.29, 1.82) is 5.26 Å². The average molecular weight is 464 g/mol. The Morgan fingerprint density at radius 1 is 1.23 bits per heavy atom. The van der Waals surface area contributed by atoms with Crippen molar-refractivity contribution in [2.75, 3.05) is 12.3 Å². The first-order valence-electron chi connectivity index (χ1n) is 11.9. The van der Waals surface area contributed by atoms with E-state index in [1.54, 1.807) is 4.90 Å². The number of benzene rings is 1. The number of fused-ring (bicyclic) bond motifs is 8. The minimum Gasteiger partial charge on any atom is -0.383 e. The Balaban J connectivity index is 1.64. The number of aromatic nitrogens is 4. The molecule has 1 aliphatic heterocycles. The lowest BCUT2D eigenvalue weighted by atomic mass is 9.79. The molecule has 1 amide bonds. The highest BCUT2D eigenvalue weighted by atomic mass is 16.2. The number of hydrogen-bond donors (Lipinski definition) is 1. The Bertz CT molecular complexity index is 1650. The molecule has 2 N–H and O–H groups in total. The van der Waals surface area contributed by atoms with E-state index in [4.69, 9.17) is 17.1 Å². The molecule has 174 valence electrons. The van der Waals surface area contributed by atoms with E-state index >= 15 is 0 Å². The summed E-state index contributed by atoms with van der Waals surface area (Å²) in [5.41, 5.74) is 12.8. The average Bonchev–Trinajstić information content (AvgIpc) is 3.46. The molecule has 0 bridgehead atoms. The topological polar surface area (TPSA) is 114 Å². The highest BCUT2D eigenvalue weighted by molar-refractivity contribution is 6.22. The predicted molar refractivity (Wildman–Crippen MR) is 134 cm³/mol. The Kier molecular flexibility index (Phi) is 4.69. The summed E-state index contributed by atoms with van der Waals surface area (Å²) < 4.78 is 2.06. The van der Waals surface area contributed by atoms with Gasteiger partial charge in [0, 0.05) is 30.3 Å². The number of nitrogen functional groups attached to an aromatic ring is 1. The second kappa shape index (κ2) is 7.68. The van der Waals surface area contributed by atoms with E-state index in [2.05, 4.69) is 26.5 Å². The van der Waals surface area contributed by atoms with Crippen LogP contribution in [0.5, 0.6) is 0 Å². The molecule has 0 unspecified atom stereocenters. The smallest absolute Gasteiger partial charge is 0.227 e. The van der Waals surface area contributed by atoms with E-state index in [9.17, 15) is 10.1 Å². The van der Waals surface area contributed by atoms with Gasteiger partial charge in [0.2, 0.25) is 5.91 Å². The van der Waals surface area contributed by atoms with Gasteiger partial charge >= 0.3 is 0 Å². The summed E-state index contributed by atoms with van der Waals surface area (Å²) >= 11 is 0. The van der Waals surface area contributed by atoms with E-state index in [1.807, 2.05) is 20.0 Å². The fourth-order valence-corrected chi connectivity index (χ4v) is 6.19. The number of pyridine rings is 1. The van der Waals surface area contributed by atoms with Crippen LogP contribution < -0.4 is 5.73 Å². The molecular weight excluding hydrogens is 438 g/mol. The van der Waals surface area contributed by atoms with Crippen molar-refractivity contribution in [1.82, 2.24) is 24.4 Å². The molecular formula is C27H25N7O. The third-order valence-electron chi connectivity index (χ3n) is 7.78. The van der Waals surface area contributed by atoms with Crippen molar-refractivity contribution in [3.8, 4) is 18.4 Å². The molecule has 8 nitrogen and oxygen atoms in total. The van der Waals surface area contributed by atoms with E-state index in [0.717, 1.165) is 62.4 Å². The Morgan fingerprint density at radius 3 is 2.83 bits per heavy atom. The number of terminal acetylenes is 1. The van der Waals surface area contributed by atoms with Crippen LogP contribution in [0, 0.1) is 36.5 Å². The normalized spacial score (nSPS) is 19.7. The third kappa shape index (κ3) is 2.93. The number of amides is 1. The van der Waals surface area contributed by atoms with Gasteiger partial charge in [-0.25, -0.2) is 15.0 Å². The van der Waals surface area contributed by atoms with Crippen molar-refractivity contribution in [3.63, 3.8) is 0 Å². The van der Waals surface area contributed by atoms with Gasteiger partial charge < -0.3 is 15.2 Å². The first kappa shape index (κ1) is 21.4. The van der Waals surface area contributed by atoms with Crippen LogP contribution in [0.4, 0.5) is 5.82 Å². The molecule has 8 heteroatoms. The molecule has 4 aromatic rings. The fraction of sp³-hybridized carbons (Fsp3) is 0.370. The maximum absolute atomic E-state index is 13.5. The molecule has 35 heavy (non-hydrogen) atoms. The minimum atomic E-state index is -0.327. The number of carbonyl (C=O) groups excluding carboxylic acids is 1. The number of nitrogens with two attached hydrogens (primary N) is 1. The first-order chi connectivity index (χ1) is 16.9. The summed E-state index contributed by atoms with van der Waals surface area (Å²) in [6, 6.07) is 3.90. The molecule has 2 aliphatic rings. The summed E-state index contributed by atoms with van der Waals surface area (Å²) in [5.74, 6) is 3.00. The Labute approximate surface area is 202 Å².